The molecule has 0 spiro atoms. The van der Waals surface area contributed by atoms with Crippen LogP contribution in [0.25, 0.3) is 0 Å². The first-order valence-corrected chi connectivity index (χ1v) is 5.94. The average molecular weight is 246 g/mol. The van der Waals surface area contributed by atoms with Crippen molar-refractivity contribution in [3.05, 3.63) is 35.4 Å². The van der Waals surface area contributed by atoms with Crippen molar-refractivity contribution in [2.24, 2.45) is 0 Å². The van der Waals surface area contributed by atoms with Crippen LogP contribution in [0.2, 0.25) is 0 Å². The first-order chi connectivity index (χ1) is 4.88. The van der Waals surface area contributed by atoms with Gasteiger partial charge in [-0.3, -0.25) is 0 Å². The predicted octanol–water partition coefficient (Wildman–Crippen LogP) is 1.04. The minimum atomic E-state index is -0.352. The number of rotatable bonds is 0. The van der Waals surface area contributed by atoms with Crippen LogP contribution in [-0.2, 0) is 4.47 Å². The zero-order valence-electron chi connectivity index (χ0n) is 5.33. The molecule has 10 heavy (non-hydrogen) atoms. The van der Waals surface area contributed by atoms with Crippen molar-refractivity contribution in [2.75, 3.05) is 0 Å². The van der Waals surface area contributed by atoms with Gasteiger partial charge in [0.25, 0.3) is 0 Å². The van der Waals surface area contributed by atoms with Gasteiger partial charge in [-0.25, -0.2) is 0 Å². The zero-order valence-corrected chi connectivity index (χ0v) is 7.66. The molecule has 50 valence electrons. The van der Waals surface area contributed by atoms with Crippen molar-refractivity contribution in [3.63, 3.8) is 0 Å². The van der Waals surface area contributed by atoms with Crippen LogP contribution in [0.4, 0.5) is 0 Å². The average Bonchev–Trinajstić information content (AvgIpc) is 2.34. The van der Waals surface area contributed by atoms with E-state index in [2.05, 4.69) is 6.07 Å². The third-order valence-electron chi connectivity index (χ3n) is 1.60. The van der Waals surface area contributed by atoms with Gasteiger partial charge in [-0.05, 0) is 0 Å². The van der Waals surface area contributed by atoms with Crippen LogP contribution in [0.1, 0.15) is 15.9 Å². The van der Waals surface area contributed by atoms with Crippen molar-refractivity contribution in [1.29, 1.82) is 0 Å². The number of hydrogen-bond acceptors (Lipinski definition) is 1. The Morgan fingerprint density at radius 1 is 1.30 bits per heavy atom. The molecule has 1 aromatic rings. The van der Waals surface area contributed by atoms with Gasteiger partial charge in [0.2, 0.25) is 0 Å². The van der Waals surface area contributed by atoms with Crippen molar-refractivity contribution in [3.8, 4) is 0 Å². The number of hydrogen-bond donors (Lipinski definition) is 0. The Balaban J connectivity index is 2.61. The fourth-order valence-corrected chi connectivity index (χ4v) is 3.61. The van der Waals surface area contributed by atoms with E-state index in [-0.39, 0.29) is 20.9 Å². The topological polar surface area (TPSA) is 17.1 Å². The van der Waals surface area contributed by atoms with E-state index in [0.29, 0.717) is 3.83 Å². The summed E-state index contributed by atoms with van der Waals surface area (Å²) < 4.78 is 1.50. The quantitative estimate of drug-likeness (QED) is 0.625. The van der Waals surface area contributed by atoms with Gasteiger partial charge in [-0.2, -0.15) is 0 Å². The van der Waals surface area contributed by atoms with E-state index in [1.54, 1.807) is 0 Å². The second kappa shape index (κ2) is 2.38. The normalized spacial score (nSPS) is 15.4. The molecule has 2 heteroatoms. The van der Waals surface area contributed by atoms with Gasteiger partial charge in [0, 0.05) is 0 Å². The Bertz CT molecular complexity index is 280. The second-order valence-electron chi connectivity index (χ2n) is 2.23. The van der Waals surface area contributed by atoms with Crippen LogP contribution in [0.3, 0.4) is 0 Å². The van der Waals surface area contributed by atoms with Crippen molar-refractivity contribution in [1.82, 2.24) is 0 Å². The molecule has 0 radical (unpaired) electrons. The molecular weight excluding hydrogens is 240 g/mol. The van der Waals surface area contributed by atoms with E-state index in [0.717, 1.165) is 10.0 Å². The second-order valence-corrected chi connectivity index (χ2v) is 4.94. The number of carbonyl (C=O) groups is 1. The summed E-state index contributed by atoms with van der Waals surface area (Å²) in [6.07, 6.45) is 0. The molecule has 0 bridgehead atoms. The van der Waals surface area contributed by atoms with Gasteiger partial charge < -0.3 is 0 Å². The standard InChI is InChI=1S/C8H6OTe/c9-8-7-4-2-1-3-6(7)5-10-8/h1-4H,5H2. The summed E-state index contributed by atoms with van der Waals surface area (Å²) in [5.41, 5.74) is 2.26. The van der Waals surface area contributed by atoms with Crippen molar-refractivity contribution >= 4 is 24.8 Å². The third-order valence-corrected chi connectivity index (χ3v) is 4.27. The molecule has 0 aromatic heterocycles. The molecule has 1 aliphatic rings. The zero-order chi connectivity index (χ0) is 6.97. The SMILES string of the molecule is O=C1[Te]Cc2ccccc21. The van der Waals surface area contributed by atoms with Gasteiger partial charge in [-0.15, -0.1) is 0 Å². The van der Waals surface area contributed by atoms with Crippen molar-refractivity contribution in [2.45, 2.75) is 4.47 Å². The molecule has 0 saturated carbocycles. The van der Waals surface area contributed by atoms with Gasteiger partial charge in [0.1, 0.15) is 0 Å². The summed E-state index contributed by atoms with van der Waals surface area (Å²) in [7, 11) is 0. The Hall–Kier alpha value is -0.320. The Morgan fingerprint density at radius 2 is 2.10 bits per heavy atom. The summed E-state index contributed by atoms with van der Waals surface area (Å²) in [5, 5.41) is 0. The molecule has 0 saturated heterocycles. The molecule has 0 unspecified atom stereocenters. The molecule has 1 nitrogen and oxygen atoms in total. The summed E-state index contributed by atoms with van der Waals surface area (Å²) >= 11 is -0.352. The summed E-state index contributed by atoms with van der Waals surface area (Å²) in [6, 6.07) is 7.94. The van der Waals surface area contributed by atoms with E-state index in [1.165, 1.54) is 5.56 Å². The van der Waals surface area contributed by atoms with Crippen LogP contribution >= 0.6 is 0 Å². The molecule has 0 fully saturated rings. The molecule has 0 N–H and O–H groups in total. The molecule has 1 heterocycles. The molecule has 0 aliphatic carbocycles. The fourth-order valence-electron chi connectivity index (χ4n) is 1.07. The monoisotopic (exact) mass is 248 g/mol. The third kappa shape index (κ3) is 0.885. The molecule has 2 rings (SSSR count). The van der Waals surface area contributed by atoms with Crippen LogP contribution in [0, 0.1) is 0 Å². The first-order valence-electron chi connectivity index (χ1n) is 3.13. The summed E-state index contributed by atoms with van der Waals surface area (Å²) in [4.78, 5) is 11.1. The van der Waals surface area contributed by atoms with Crippen LogP contribution in [-0.4, -0.2) is 24.8 Å². The number of carbonyl (C=O) groups excluding carboxylic acids is 1. The number of fused-ring (bicyclic) bond motifs is 1. The van der Waals surface area contributed by atoms with E-state index < -0.39 is 0 Å². The van der Waals surface area contributed by atoms with Crippen LogP contribution in [0.5, 0.6) is 0 Å². The van der Waals surface area contributed by atoms with Crippen molar-refractivity contribution < 1.29 is 4.79 Å². The molecule has 1 aliphatic heterocycles. The van der Waals surface area contributed by atoms with E-state index in [4.69, 9.17) is 0 Å². The van der Waals surface area contributed by atoms with E-state index in [9.17, 15) is 4.79 Å². The molecular formula is C8H6OTe. The Labute approximate surface area is 69.5 Å². The van der Waals surface area contributed by atoms with Crippen LogP contribution < -0.4 is 0 Å². The molecule has 0 atom stereocenters. The predicted molar refractivity (Wildman–Crippen MR) is 40.2 cm³/mol. The fraction of sp³-hybridized carbons (Fsp3) is 0.125. The molecule has 0 amide bonds. The van der Waals surface area contributed by atoms with E-state index >= 15 is 0 Å². The minimum absolute atomic E-state index is 0.352. The van der Waals surface area contributed by atoms with Gasteiger partial charge >= 0.3 is 69.4 Å². The maximum absolute atomic E-state index is 11.1. The Kier molecular flexibility index (Phi) is 1.52. The Morgan fingerprint density at radius 3 is 2.90 bits per heavy atom. The molecule has 1 aromatic carbocycles. The summed E-state index contributed by atoms with van der Waals surface area (Å²) in [6.45, 7) is 0. The number of benzene rings is 1. The summed E-state index contributed by atoms with van der Waals surface area (Å²) in [5.74, 6) is 0. The van der Waals surface area contributed by atoms with Gasteiger partial charge in [0.15, 0.2) is 0 Å². The van der Waals surface area contributed by atoms with E-state index in [1.807, 2.05) is 18.2 Å². The first kappa shape index (κ1) is 6.39. The van der Waals surface area contributed by atoms with Gasteiger partial charge in [0.05, 0.1) is 0 Å². The maximum atomic E-state index is 11.1. The van der Waals surface area contributed by atoms with Gasteiger partial charge in [-0.1, -0.05) is 0 Å². The van der Waals surface area contributed by atoms with Crippen LogP contribution in [0.15, 0.2) is 24.3 Å².